The maximum absolute atomic E-state index is 10.6. The van der Waals surface area contributed by atoms with Gasteiger partial charge in [-0.2, -0.15) is 0 Å². The van der Waals surface area contributed by atoms with E-state index in [1.54, 1.807) is 0 Å². The summed E-state index contributed by atoms with van der Waals surface area (Å²) in [5.41, 5.74) is 2.04. The zero-order valence-electron chi connectivity index (χ0n) is 9.32. The lowest BCUT2D eigenvalue weighted by molar-refractivity contribution is -0.142. The fourth-order valence-corrected chi connectivity index (χ4v) is 1.24. The lowest BCUT2D eigenvalue weighted by Crippen LogP contribution is -2.00. The molecule has 0 unspecified atom stereocenters. The van der Waals surface area contributed by atoms with Crippen molar-refractivity contribution in [2.24, 2.45) is 0 Å². The Balaban J connectivity index is 2.45. The third-order valence-electron chi connectivity index (χ3n) is 2.13. The summed E-state index contributed by atoms with van der Waals surface area (Å²) in [5, 5.41) is 0. The second-order valence-corrected chi connectivity index (χ2v) is 3.54. The molecule has 0 aliphatic rings. The first-order valence-electron chi connectivity index (χ1n) is 5.29. The number of aryl methyl sites for hydroxylation is 1. The molecule has 3 nitrogen and oxygen atoms in total. The normalized spacial score (nSPS) is 10.0. The number of nitrogens with zero attached hydrogens (tertiary/aromatic N) is 1. The van der Waals surface area contributed by atoms with Crippen LogP contribution in [-0.4, -0.2) is 11.0 Å². The molecule has 0 aliphatic heterocycles. The van der Waals surface area contributed by atoms with Gasteiger partial charge in [-0.1, -0.05) is 19.4 Å². The maximum atomic E-state index is 10.6. The molecule has 0 saturated carbocycles. The molecule has 82 valence electrons. The van der Waals surface area contributed by atoms with Crippen molar-refractivity contribution in [3.63, 3.8) is 0 Å². The molecule has 0 aromatic carbocycles. The lowest BCUT2D eigenvalue weighted by Gasteiger charge is -2.03. The average Bonchev–Trinajstić information content (AvgIpc) is 2.25. The number of carbonyl (C=O) groups is 1. The van der Waals surface area contributed by atoms with Gasteiger partial charge in [-0.3, -0.25) is 9.78 Å². The largest absolute Gasteiger partial charge is 0.459 e. The highest BCUT2D eigenvalue weighted by Crippen LogP contribution is 2.05. The van der Waals surface area contributed by atoms with Gasteiger partial charge in [0, 0.05) is 13.1 Å². The van der Waals surface area contributed by atoms with Crippen molar-refractivity contribution in [2.75, 3.05) is 0 Å². The van der Waals surface area contributed by atoms with Gasteiger partial charge in [0.25, 0.3) is 0 Å². The molecule has 0 spiro atoms. The van der Waals surface area contributed by atoms with Crippen molar-refractivity contribution in [1.82, 2.24) is 4.98 Å². The SMILES string of the molecule is CCCCc1ccc(COC(C)=O)nc1. The fourth-order valence-electron chi connectivity index (χ4n) is 1.24. The average molecular weight is 207 g/mol. The summed E-state index contributed by atoms with van der Waals surface area (Å²) < 4.78 is 4.85. The summed E-state index contributed by atoms with van der Waals surface area (Å²) >= 11 is 0. The zero-order valence-corrected chi connectivity index (χ0v) is 9.32. The number of ether oxygens (including phenoxy) is 1. The predicted molar refractivity (Wildman–Crippen MR) is 58.3 cm³/mol. The van der Waals surface area contributed by atoms with Crippen LogP contribution in [-0.2, 0) is 22.6 Å². The summed E-state index contributed by atoms with van der Waals surface area (Å²) in [6.07, 6.45) is 5.30. The van der Waals surface area contributed by atoms with Crippen molar-refractivity contribution in [1.29, 1.82) is 0 Å². The molecule has 0 radical (unpaired) electrons. The standard InChI is InChI=1S/C12H17NO2/c1-3-4-5-11-6-7-12(13-8-11)9-15-10(2)14/h6-8H,3-5,9H2,1-2H3. The van der Waals surface area contributed by atoms with E-state index in [1.807, 2.05) is 18.3 Å². The Hall–Kier alpha value is -1.38. The Morgan fingerprint density at radius 3 is 2.80 bits per heavy atom. The van der Waals surface area contributed by atoms with Crippen LogP contribution >= 0.6 is 0 Å². The van der Waals surface area contributed by atoms with Gasteiger partial charge < -0.3 is 4.74 Å². The van der Waals surface area contributed by atoms with Gasteiger partial charge in [-0.25, -0.2) is 0 Å². The first kappa shape index (κ1) is 11.7. The highest BCUT2D eigenvalue weighted by atomic mass is 16.5. The van der Waals surface area contributed by atoms with Crippen LogP contribution in [0.15, 0.2) is 18.3 Å². The summed E-state index contributed by atoms with van der Waals surface area (Å²) in [6.45, 7) is 3.83. The molecule has 0 atom stereocenters. The van der Waals surface area contributed by atoms with E-state index in [2.05, 4.69) is 11.9 Å². The molecule has 0 saturated heterocycles. The number of unbranched alkanes of at least 4 members (excludes halogenated alkanes) is 1. The number of hydrogen-bond donors (Lipinski definition) is 0. The Labute approximate surface area is 90.5 Å². The summed E-state index contributed by atoms with van der Waals surface area (Å²) in [6, 6.07) is 3.95. The van der Waals surface area contributed by atoms with Crippen molar-refractivity contribution in [3.05, 3.63) is 29.6 Å². The van der Waals surface area contributed by atoms with Crippen LogP contribution < -0.4 is 0 Å². The first-order valence-corrected chi connectivity index (χ1v) is 5.29. The van der Waals surface area contributed by atoms with Gasteiger partial charge >= 0.3 is 5.97 Å². The van der Waals surface area contributed by atoms with E-state index in [-0.39, 0.29) is 12.6 Å². The number of aromatic nitrogens is 1. The molecule has 3 heteroatoms. The topological polar surface area (TPSA) is 39.2 Å². The smallest absolute Gasteiger partial charge is 0.303 e. The number of carbonyl (C=O) groups excluding carboxylic acids is 1. The highest BCUT2D eigenvalue weighted by molar-refractivity contribution is 5.65. The van der Waals surface area contributed by atoms with Crippen LogP contribution in [0.3, 0.4) is 0 Å². The monoisotopic (exact) mass is 207 g/mol. The van der Waals surface area contributed by atoms with E-state index in [0.717, 1.165) is 12.1 Å². The van der Waals surface area contributed by atoms with Gasteiger partial charge in [0.05, 0.1) is 5.69 Å². The molecule has 0 aliphatic carbocycles. The minimum atomic E-state index is -0.271. The van der Waals surface area contributed by atoms with Crippen LogP contribution in [0.25, 0.3) is 0 Å². The van der Waals surface area contributed by atoms with Crippen LogP contribution in [0.5, 0.6) is 0 Å². The molecule has 1 aromatic rings. The number of esters is 1. The van der Waals surface area contributed by atoms with Crippen LogP contribution in [0.1, 0.15) is 37.9 Å². The summed E-state index contributed by atoms with van der Waals surface area (Å²) in [4.78, 5) is 14.8. The van der Waals surface area contributed by atoms with Crippen molar-refractivity contribution < 1.29 is 9.53 Å². The fraction of sp³-hybridized carbons (Fsp3) is 0.500. The molecule has 0 N–H and O–H groups in total. The van der Waals surface area contributed by atoms with Crippen LogP contribution in [0.4, 0.5) is 0 Å². The molecule has 0 fully saturated rings. The molecule has 0 bridgehead atoms. The van der Waals surface area contributed by atoms with Gasteiger partial charge in [0.2, 0.25) is 0 Å². The minimum Gasteiger partial charge on any atom is -0.459 e. The van der Waals surface area contributed by atoms with Gasteiger partial charge in [-0.05, 0) is 24.5 Å². The van der Waals surface area contributed by atoms with E-state index in [4.69, 9.17) is 4.74 Å². The molecular formula is C12H17NO2. The molecule has 15 heavy (non-hydrogen) atoms. The second kappa shape index (κ2) is 6.17. The second-order valence-electron chi connectivity index (χ2n) is 3.54. The lowest BCUT2D eigenvalue weighted by atomic mass is 10.1. The molecule has 1 heterocycles. The minimum absolute atomic E-state index is 0.267. The third kappa shape index (κ3) is 4.58. The Morgan fingerprint density at radius 1 is 1.47 bits per heavy atom. The van der Waals surface area contributed by atoms with E-state index in [1.165, 1.54) is 25.3 Å². The number of pyridine rings is 1. The van der Waals surface area contributed by atoms with E-state index in [0.29, 0.717) is 0 Å². The quantitative estimate of drug-likeness (QED) is 0.696. The summed E-state index contributed by atoms with van der Waals surface area (Å²) in [5.74, 6) is -0.271. The Morgan fingerprint density at radius 2 is 2.27 bits per heavy atom. The number of rotatable bonds is 5. The number of hydrogen-bond acceptors (Lipinski definition) is 3. The molecular weight excluding hydrogens is 190 g/mol. The maximum Gasteiger partial charge on any atom is 0.303 e. The van der Waals surface area contributed by atoms with Crippen molar-refractivity contribution in [3.8, 4) is 0 Å². The van der Waals surface area contributed by atoms with E-state index < -0.39 is 0 Å². The molecule has 0 amide bonds. The van der Waals surface area contributed by atoms with E-state index in [9.17, 15) is 4.79 Å². The first-order chi connectivity index (χ1) is 7.22. The highest BCUT2D eigenvalue weighted by Gasteiger charge is 1.98. The Bertz CT molecular complexity index is 306. The van der Waals surface area contributed by atoms with Crippen molar-refractivity contribution in [2.45, 2.75) is 39.7 Å². The van der Waals surface area contributed by atoms with Gasteiger partial charge in [0.15, 0.2) is 0 Å². The zero-order chi connectivity index (χ0) is 11.1. The van der Waals surface area contributed by atoms with Crippen LogP contribution in [0.2, 0.25) is 0 Å². The summed E-state index contributed by atoms with van der Waals surface area (Å²) in [7, 11) is 0. The third-order valence-corrected chi connectivity index (χ3v) is 2.13. The molecule has 1 aromatic heterocycles. The Kier molecular flexibility index (Phi) is 4.81. The molecule has 1 rings (SSSR count). The van der Waals surface area contributed by atoms with E-state index >= 15 is 0 Å². The van der Waals surface area contributed by atoms with Crippen LogP contribution in [0, 0.1) is 0 Å². The van der Waals surface area contributed by atoms with Crippen molar-refractivity contribution >= 4 is 5.97 Å². The predicted octanol–water partition coefficient (Wildman–Crippen LogP) is 2.49. The van der Waals surface area contributed by atoms with Gasteiger partial charge in [-0.15, -0.1) is 0 Å². The van der Waals surface area contributed by atoms with Gasteiger partial charge in [0.1, 0.15) is 6.61 Å².